The van der Waals surface area contributed by atoms with Crippen LogP contribution < -0.4 is 16.2 Å². The fourth-order valence-electron chi connectivity index (χ4n) is 1.52. The molecule has 0 aliphatic heterocycles. The van der Waals surface area contributed by atoms with Gasteiger partial charge in [0.05, 0.1) is 13.2 Å². The summed E-state index contributed by atoms with van der Waals surface area (Å²) in [6.07, 6.45) is -1.64. The SMILES string of the molecule is COc1ccc(N)cc1C(O)C(O)CCN. The molecule has 1 rings (SSSR count). The molecule has 2 atom stereocenters. The minimum absolute atomic E-state index is 0.308. The largest absolute Gasteiger partial charge is 0.496 e. The third-order valence-corrected chi connectivity index (χ3v) is 2.40. The van der Waals surface area contributed by atoms with E-state index in [4.69, 9.17) is 16.2 Å². The van der Waals surface area contributed by atoms with Gasteiger partial charge in [-0.1, -0.05) is 0 Å². The van der Waals surface area contributed by atoms with Crippen molar-refractivity contribution >= 4 is 5.69 Å². The predicted octanol–water partition coefficient (Wildman–Crippen LogP) is 0.0205. The number of nitrogen functional groups attached to an aromatic ring is 1. The van der Waals surface area contributed by atoms with Crippen LogP contribution in [0, 0.1) is 0 Å². The van der Waals surface area contributed by atoms with Crippen molar-refractivity contribution in [3.63, 3.8) is 0 Å². The van der Waals surface area contributed by atoms with Crippen LogP contribution in [0.1, 0.15) is 18.1 Å². The fourth-order valence-corrected chi connectivity index (χ4v) is 1.52. The normalized spacial score (nSPS) is 14.5. The maximum atomic E-state index is 9.92. The molecule has 1 aromatic carbocycles. The van der Waals surface area contributed by atoms with Crippen LogP contribution in [0.3, 0.4) is 0 Å². The average Bonchev–Trinajstić information content (AvgIpc) is 2.28. The molecule has 0 aliphatic carbocycles. The molecule has 0 aliphatic rings. The Kier molecular flexibility index (Phi) is 4.54. The van der Waals surface area contributed by atoms with Crippen LogP contribution in [0.15, 0.2) is 18.2 Å². The third kappa shape index (κ3) is 2.85. The Balaban J connectivity index is 2.96. The Morgan fingerprint density at radius 2 is 2.06 bits per heavy atom. The first-order chi connectivity index (χ1) is 7.60. The van der Waals surface area contributed by atoms with Gasteiger partial charge in [0.2, 0.25) is 0 Å². The lowest BCUT2D eigenvalue weighted by atomic mass is 10.0. The van der Waals surface area contributed by atoms with E-state index in [2.05, 4.69) is 0 Å². The first-order valence-electron chi connectivity index (χ1n) is 5.09. The number of nitrogens with two attached hydrogens (primary N) is 2. The van der Waals surface area contributed by atoms with E-state index in [-0.39, 0.29) is 0 Å². The second kappa shape index (κ2) is 5.69. The number of hydrogen-bond donors (Lipinski definition) is 4. The van der Waals surface area contributed by atoms with Crippen LogP contribution in [-0.4, -0.2) is 30.0 Å². The molecule has 0 heterocycles. The highest BCUT2D eigenvalue weighted by Crippen LogP contribution is 2.29. The molecule has 5 nitrogen and oxygen atoms in total. The van der Waals surface area contributed by atoms with Crippen molar-refractivity contribution in [1.29, 1.82) is 0 Å². The minimum Gasteiger partial charge on any atom is -0.496 e. The summed E-state index contributed by atoms with van der Waals surface area (Å²) in [5.74, 6) is 0.498. The topological polar surface area (TPSA) is 102 Å². The van der Waals surface area contributed by atoms with Gasteiger partial charge in [0.15, 0.2) is 0 Å². The molecule has 0 spiro atoms. The molecule has 16 heavy (non-hydrogen) atoms. The highest BCUT2D eigenvalue weighted by molar-refractivity contribution is 5.49. The summed E-state index contributed by atoms with van der Waals surface area (Å²) in [4.78, 5) is 0. The zero-order valence-electron chi connectivity index (χ0n) is 9.26. The van der Waals surface area contributed by atoms with Gasteiger partial charge in [-0.25, -0.2) is 0 Å². The lowest BCUT2D eigenvalue weighted by Gasteiger charge is -2.20. The molecule has 1 aromatic rings. The summed E-state index contributed by atoms with van der Waals surface area (Å²) >= 11 is 0. The van der Waals surface area contributed by atoms with Crippen molar-refractivity contribution in [2.75, 3.05) is 19.4 Å². The minimum atomic E-state index is -1.04. The van der Waals surface area contributed by atoms with E-state index in [1.165, 1.54) is 7.11 Å². The van der Waals surface area contributed by atoms with Crippen LogP contribution in [-0.2, 0) is 0 Å². The zero-order valence-corrected chi connectivity index (χ0v) is 9.26. The van der Waals surface area contributed by atoms with Crippen LogP contribution in [0.4, 0.5) is 5.69 Å². The molecule has 2 unspecified atom stereocenters. The second-order valence-corrected chi connectivity index (χ2v) is 3.59. The van der Waals surface area contributed by atoms with E-state index in [1.807, 2.05) is 0 Å². The Labute approximate surface area is 94.6 Å². The van der Waals surface area contributed by atoms with Crippen molar-refractivity contribution in [1.82, 2.24) is 0 Å². The fraction of sp³-hybridized carbons (Fsp3) is 0.455. The van der Waals surface area contributed by atoms with Gasteiger partial charge in [0.25, 0.3) is 0 Å². The van der Waals surface area contributed by atoms with Gasteiger partial charge in [0.1, 0.15) is 11.9 Å². The molecule has 0 amide bonds. The van der Waals surface area contributed by atoms with Crippen molar-refractivity contribution in [2.45, 2.75) is 18.6 Å². The van der Waals surface area contributed by atoms with Crippen molar-refractivity contribution in [2.24, 2.45) is 5.73 Å². The molecule has 6 N–H and O–H groups in total. The summed E-state index contributed by atoms with van der Waals surface area (Å²) in [6.45, 7) is 0.308. The van der Waals surface area contributed by atoms with Crippen LogP contribution >= 0.6 is 0 Å². The summed E-state index contributed by atoms with van der Waals surface area (Å²) in [7, 11) is 1.50. The van der Waals surface area contributed by atoms with Crippen LogP contribution in [0.25, 0.3) is 0 Å². The van der Waals surface area contributed by atoms with Gasteiger partial charge in [-0.3, -0.25) is 0 Å². The summed E-state index contributed by atoms with van der Waals surface area (Å²) in [5, 5.41) is 19.6. The van der Waals surface area contributed by atoms with Gasteiger partial charge in [-0.15, -0.1) is 0 Å². The number of aliphatic hydroxyl groups excluding tert-OH is 2. The summed E-state index contributed by atoms with van der Waals surface area (Å²) < 4.78 is 5.09. The van der Waals surface area contributed by atoms with Crippen molar-refractivity contribution in [3.05, 3.63) is 23.8 Å². The lowest BCUT2D eigenvalue weighted by molar-refractivity contribution is 0.0137. The van der Waals surface area contributed by atoms with Crippen LogP contribution in [0.2, 0.25) is 0 Å². The highest BCUT2D eigenvalue weighted by Gasteiger charge is 2.21. The number of rotatable bonds is 5. The van der Waals surface area contributed by atoms with Crippen molar-refractivity contribution in [3.8, 4) is 5.75 Å². The summed E-state index contributed by atoms with van der Waals surface area (Å²) in [5.41, 5.74) is 11.9. The molecule has 0 radical (unpaired) electrons. The number of hydrogen-bond acceptors (Lipinski definition) is 5. The van der Waals surface area contributed by atoms with E-state index >= 15 is 0 Å². The Morgan fingerprint density at radius 3 is 2.62 bits per heavy atom. The van der Waals surface area contributed by atoms with E-state index in [0.29, 0.717) is 30.0 Å². The van der Waals surface area contributed by atoms with Gasteiger partial charge in [-0.05, 0) is 31.2 Å². The lowest BCUT2D eigenvalue weighted by Crippen LogP contribution is -2.22. The van der Waals surface area contributed by atoms with E-state index < -0.39 is 12.2 Å². The summed E-state index contributed by atoms with van der Waals surface area (Å²) in [6, 6.07) is 4.91. The Morgan fingerprint density at radius 1 is 1.38 bits per heavy atom. The molecule has 0 bridgehead atoms. The first-order valence-corrected chi connectivity index (χ1v) is 5.09. The number of methoxy groups -OCH3 is 1. The molecule has 0 saturated heterocycles. The van der Waals surface area contributed by atoms with Gasteiger partial charge in [-0.2, -0.15) is 0 Å². The molecule has 0 aromatic heterocycles. The van der Waals surface area contributed by atoms with Gasteiger partial charge < -0.3 is 26.4 Å². The van der Waals surface area contributed by atoms with E-state index in [1.54, 1.807) is 18.2 Å². The first kappa shape index (κ1) is 12.8. The average molecular weight is 226 g/mol. The van der Waals surface area contributed by atoms with Gasteiger partial charge in [0, 0.05) is 11.3 Å². The highest BCUT2D eigenvalue weighted by atomic mass is 16.5. The Bertz CT molecular complexity index is 344. The van der Waals surface area contributed by atoms with Crippen LogP contribution in [0.5, 0.6) is 5.75 Å². The number of aliphatic hydroxyl groups is 2. The van der Waals surface area contributed by atoms with E-state index in [0.717, 1.165) is 0 Å². The molecular weight excluding hydrogens is 208 g/mol. The third-order valence-electron chi connectivity index (χ3n) is 2.40. The number of benzene rings is 1. The molecule has 0 saturated carbocycles. The smallest absolute Gasteiger partial charge is 0.124 e. The number of anilines is 1. The standard InChI is InChI=1S/C11H18N2O3/c1-16-10-3-2-7(13)6-8(10)11(15)9(14)4-5-12/h2-3,6,9,11,14-15H,4-5,12-13H2,1H3. The quantitative estimate of drug-likeness (QED) is 0.530. The monoisotopic (exact) mass is 226 g/mol. The van der Waals surface area contributed by atoms with Crippen molar-refractivity contribution < 1.29 is 14.9 Å². The maximum absolute atomic E-state index is 9.92. The maximum Gasteiger partial charge on any atom is 0.124 e. The van der Waals surface area contributed by atoms with E-state index in [9.17, 15) is 10.2 Å². The molecule has 5 heteroatoms. The molecular formula is C11H18N2O3. The Hall–Kier alpha value is -1.30. The molecule has 0 fully saturated rings. The molecule has 90 valence electrons. The second-order valence-electron chi connectivity index (χ2n) is 3.59. The zero-order chi connectivity index (χ0) is 12.1. The predicted molar refractivity (Wildman–Crippen MR) is 62.0 cm³/mol. The van der Waals surface area contributed by atoms with Gasteiger partial charge >= 0.3 is 0 Å². The number of ether oxygens (including phenoxy) is 1.